The van der Waals surface area contributed by atoms with Crippen molar-refractivity contribution in [1.29, 1.82) is 0 Å². The van der Waals surface area contributed by atoms with E-state index in [1.54, 1.807) is 0 Å². The lowest BCUT2D eigenvalue weighted by Crippen LogP contribution is -2.22. The van der Waals surface area contributed by atoms with Gasteiger partial charge in [-0.05, 0) is 65.1 Å². The Hall–Kier alpha value is -1.26. The van der Waals surface area contributed by atoms with E-state index in [0.717, 1.165) is 47.7 Å². The van der Waals surface area contributed by atoms with Crippen molar-refractivity contribution in [2.75, 3.05) is 13.2 Å². The Labute approximate surface area is 134 Å². The minimum Gasteiger partial charge on any atom is -0.494 e. The Morgan fingerprint density at radius 1 is 1.19 bits per heavy atom. The highest BCUT2D eigenvalue weighted by atomic mass is 79.9. The minimum atomic E-state index is 0.0430. The number of rotatable bonds is 8. The molecule has 0 aliphatic heterocycles. The summed E-state index contributed by atoms with van der Waals surface area (Å²) in [5.74, 6) is 1.81. The Bertz CT molecular complexity index is 553. The number of hydrogen-bond acceptors (Lipinski definition) is 3. The van der Waals surface area contributed by atoms with Crippen LogP contribution in [0.4, 0.5) is 0 Å². The molecule has 0 aliphatic carbocycles. The third-order valence-electron chi connectivity index (χ3n) is 3.14. The van der Waals surface area contributed by atoms with Crippen LogP contribution >= 0.6 is 15.9 Å². The standard InChI is InChI=1S/C17H22BrNO2/c1-3-10-19-17(15-8-9-16(18)21-15)13-6-5-7-14(12-13)20-11-4-2/h5-9,12,17,19H,3-4,10-11H2,1-2H3. The third-order valence-corrected chi connectivity index (χ3v) is 3.57. The largest absolute Gasteiger partial charge is 0.494 e. The van der Waals surface area contributed by atoms with Crippen LogP contribution in [0.1, 0.15) is 44.1 Å². The molecular formula is C17H22BrNO2. The summed E-state index contributed by atoms with van der Waals surface area (Å²) in [5, 5.41) is 3.53. The zero-order valence-electron chi connectivity index (χ0n) is 12.6. The Kier molecular flexibility index (Phi) is 6.33. The van der Waals surface area contributed by atoms with Gasteiger partial charge in [-0.15, -0.1) is 0 Å². The van der Waals surface area contributed by atoms with Gasteiger partial charge in [-0.1, -0.05) is 26.0 Å². The average Bonchev–Trinajstić information content (AvgIpc) is 2.92. The third kappa shape index (κ3) is 4.61. The molecule has 0 bridgehead atoms. The van der Waals surface area contributed by atoms with E-state index in [1.165, 1.54) is 0 Å². The van der Waals surface area contributed by atoms with Gasteiger partial charge in [-0.25, -0.2) is 0 Å². The molecule has 1 heterocycles. The van der Waals surface area contributed by atoms with Crippen molar-refractivity contribution < 1.29 is 9.15 Å². The minimum absolute atomic E-state index is 0.0430. The van der Waals surface area contributed by atoms with Gasteiger partial charge < -0.3 is 14.5 Å². The van der Waals surface area contributed by atoms with Crippen LogP contribution in [0.15, 0.2) is 45.5 Å². The second-order valence-electron chi connectivity index (χ2n) is 4.95. The topological polar surface area (TPSA) is 34.4 Å². The van der Waals surface area contributed by atoms with Gasteiger partial charge in [0.15, 0.2) is 4.67 Å². The van der Waals surface area contributed by atoms with Crippen LogP contribution < -0.4 is 10.1 Å². The molecule has 3 nitrogen and oxygen atoms in total. The Balaban J connectivity index is 2.23. The number of ether oxygens (including phenoxy) is 1. The quantitative estimate of drug-likeness (QED) is 0.732. The van der Waals surface area contributed by atoms with Crippen LogP contribution in [-0.2, 0) is 0 Å². The lowest BCUT2D eigenvalue weighted by atomic mass is 10.0. The van der Waals surface area contributed by atoms with Gasteiger partial charge in [0, 0.05) is 0 Å². The van der Waals surface area contributed by atoms with Gasteiger partial charge in [-0.3, -0.25) is 0 Å². The Morgan fingerprint density at radius 3 is 2.71 bits per heavy atom. The summed E-state index contributed by atoms with van der Waals surface area (Å²) in [6.07, 6.45) is 2.08. The first kappa shape index (κ1) is 16.1. The van der Waals surface area contributed by atoms with E-state index in [9.17, 15) is 0 Å². The zero-order valence-corrected chi connectivity index (χ0v) is 14.2. The Morgan fingerprint density at radius 2 is 2.05 bits per heavy atom. The van der Waals surface area contributed by atoms with Crippen molar-refractivity contribution >= 4 is 15.9 Å². The number of hydrogen-bond donors (Lipinski definition) is 1. The van der Waals surface area contributed by atoms with Gasteiger partial charge in [0.1, 0.15) is 11.5 Å². The molecule has 0 radical (unpaired) electrons. The summed E-state index contributed by atoms with van der Waals surface area (Å²) < 4.78 is 12.2. The van der Waals surface area contributed by atoms with E-state index >= 15 is 0 Å². The number of nitrogens with one attached hydrogen (secondary N) is 1. The molecule has 0 fully saturated rings. The summed E-state index contributed by atoms with van der Waals surface area (Å²) in [6.45, 7) is 5.94. The molecule has 1 atom stereocenters. The number of benzene rings is 1. The number of halogens is 1. The zero-order chi connectivity index (χ0) is 15.1. The fourth-order valence-corrected chi connectivity index (χ4v) is 2.48. The van der Waals surface area contributed by atoms with Gasteiger partial charge in [0.2, 0.25) is 0 Å². The highest BCUT2D eigenvalue weighted by Gasteiger charge is 2.17. The molecule has 1 aromatic carbocycles. The van der Waals surface area contributed by atoms with E-state index in [2.05, 4.69) is 47.2 Å². The highest BCUT2D eigenvalue weighted by Crippen LogP contribution is 2.28. The van der Waals surface area contributed by atoms with E-state index in [4.69, 9.17) is 9.15 Å². The monoisotopic (exact) mass is 351 g/mol. The maximum atomic E-state index is 5.73. The fourth-order valence-electron chi connectivity index (χ4n) is 2.16. The maximum absolute atomic E-state index is 5.73. The number of furan rings is 1. The first-order chi connectivity index (χ1) is 10.2. The molecule has 114 valence electrons. The molecule has 1 aromatic heterocycles. The first-order valence-electron chi connectivity index (χ1n) is 7.46. The average molecular weight is 352 g/mol. The maximum Gasteiger partial charge on any atom is 0.169 e. The second-order valence-corrected chi connectivity index (χ2v) is 5.73. The molecule has 21 heavy (non-hydrogen) atoms. The predicted molar refractivity (Wildman–Crippen MR) is 88.8 cm³/mol. The summed E-state index contributed by atoms with van der Waals surface area (Å²) >= 11 is 3.37. The summed E-state index contributed by atoms with van der Waals surface area (Å²) in [5.41, 5.74) is 1.15. The molecular weight excluding hydrogens is 330 g/mol. The van der Waals surface area contributed by atoms with Gasteiger partial charge in [-0.2, -0.15) is 0 Å². The molecule has 0 amide bonds. The van der Waals surface area contributed by atoms with Crippen LogP contribution in [0, 0.1) is 0 Å². The smallest absolute Gasteiger partial charge is 0.169 e. The summed E-state index contributed by atoms with van der Waals surface area (Å²) in [4.78, 5) is 0. The molecule has 2 rings (SSSR count). The van der Waals surface area contributed by atoms with E-state index < -0.39 is 0 Å². The highest BCUT2D eigenvalue weighted by molar-refractivity contribution is 9.10. The van der Waals surface area contributed by atoms with Crippen molar-refractivity contribution in [3.8, 4) is 5.75 Å². The molecule has 0 aliphatic rings. The molecule has 0 spiro atoms. The van der Waals surface area contributed by atoms with Crippen molar-refractivity contribution in [3.63, 3.8) is 0 Å². The molecule has 1 unspecified atom stereocenters. The normalized spacial score (nSPS) is 12.3. The van der Waals surface area contributed by atoms with Crippen LogP contribution in [0.3, 0.4) is 0 Å². The molecule has 0 saturated carbocycles. The molecule has 1 N–H and O–H groups in total. The second kappa shape index (κ2) is 8.25. The van der Waals surface area contributed by atoms with Crippen molar-refractivity contribution in [2.45, 2.75) is 32.7 Å². The predicted octanol–water partition coefficient (Wildman–Crippen LogP) is 4.92. The molecule has 2 aromatic rings. The molecule has 4 heteroatoms. The van der Waals surface area contributed by atoms with Crippen molar-refractivity contribution in [1.82, 2.24) is 5.32 Å². The molecule has 0 saturated heterocycles. The lowest BCUT2D eigenvalue weighted by molar-refractivity contribution is 0.316. The van der Waals surface area contributed by atoms with Crippen LogP contribution in [0.25, 0.3) is 0 Å². The summed E-state index contributed by atoms with van der Waals surface area (Å²) in [6, 6.07) is 12.2. The van der Waals surface area contributed by atoms with Crippen molar-refractivity contribution in [2.24, 2.45) is 0 Å². The van der Waals surface area contributed by atoms with Crippen molar-refractivity contribution in [3.05, 3.63) is 52.4 Å². The van der Waals surface area contributed by atoms with Gasteiger partial charge >= 0.3 is 0 Å². The van der Waals surface area contributed by atoms with Crippen LogP contribution in [-0.4, -0.2) is 13.2 Å². The first-order valence-corrected chi connectivity index (χ1v) is 8.25. The summed E-state index contributed by atoms with van der Waals surface area (Å²) in [7, 11) is 0. The van der Waals surface area contributed by atoms with E-state index in [0.29, 0.717) is 0 Å². The fraction of sp³-hybridized carbons (Fsp3) is 0.412. The lowest BCUT2D eigenvalue weighted by Gasteiger charge is -2.17. The SMILES string of the molecule is CCCNC(c1cccc(OCCC)c1)c1ccc(Br)o1. The van der Waals surface area contributed by atoms with E-state index in [1.807, 2.05) is 24.3 Å². The van der Waals surface area contributed by atoms with Gasteiger partial charge in [0.05, 0.1) is 12.6 Å². The van der Waals surface area contributed by atoms with Gasteiger partial charge in [0.25, 0.3) is 0 Å². The van der Waals surface area contributed by atoms with E-state index in [-0.39, 0.29) is 6.04 Å². The van der Waals surface area contributed by atoms with Crippen LogP contribution in [0.2, 0.25) is 0 Å². The van der Waals surface area contributed by atoms with Crippen LogP contribution in [0.5, 0.6) is 5.75 Å².